The molecular formula is C9H10Cl2S. The molecule has 0 spiro atoms. The summed E-state index contributed by atoms with van der Waals surface area (Å²) in [5.74, 6) is 0. The van der Waals surface area contributed by atoms with Crippen molar-refractivity contribution < 1.29 is 0 Å². The van der Waals surface area contributed by atoms with E-state index in [9.17, 15) is 0 Å². The summed E-state index contributed by atoms with van der Waals surface area (Å²) in [4.78, 5) is 1.13. The maximum Gasteiger partial charge on any atom is 0.0833 e. The maximum absolute atomic E-state index is 5.97. The average molecular weight is 221 g/mol. The first-order valence-corrected chi connectivity index (χ1v) is 5.48. The minimum Gasteiger partial charge on any atom is -0.111 e. The molecule has 1 rings (SSSR count). The van der Waals surface area contributed by atoms with Crippen molar-refractivity contribution in [3.63, 3.8) is 0 Å². The molecule has 0 nitrogen and oxygen atoms in total. The van der Waals surface area contributed by atoms with Crippen molar-refractivity contribution in [3.8, 4) is 0 Å². The monoisotopic (exact) mass is 220 g/mol. The van der Waals surface area contributed by atoms with Gasteiger partial charge in [0.15, 0.2) is 0 Å². The quantitative estimate of drug-likeness (QED) is 0.538. The highest BCUT2D eigenvalue weighted by molar-refractivity contribution is 8.01. The molecule has 3 heteroatoms. The van der Waals surface area contributed by atoms with Crippen LogP contribution in [0, 0.1) is 0 Å². The third kappa shape index (κ3) is 3.26. The van der Waals surface area contributed by atoms with Crippen LogP contribution < -0.4 is 0 Å². The number of benzene rings is 1. The van der Waals surface area contributed by atoms with Crippen LogP contribution in [0.25, 0.3) is 0 Å². The van der Waals surface area contributed by atoms with E-state index in [1.54, 1.807) is 11.8 Å². The Bertz CT molecular complexity index is 250. The molecule has 0 radical (unpaired) electrons. The highest BCUT2D eigenvalue weighted by Gasteiger charge is 2.03. The molecular weight excluding hydrogens is 211 g/mol. The second-order valence-electron chi connectivity index (χ2n) is 2.39. The molecule has 0 amide bonds. The Morgan fingerprint density at radius 2 is 2.25 bits per heavy atom. The normalized spacial score (nSPS) is 12.9. The molecule has 1 atom stereocenters. The molecule has 0 saturated heterocycles. The summed E-state index contributed by atoms with van der Waals surface area (Å²) in [6.07, 6.45) is 0.957. The van der Waals surface area contributed by atoms with Gasteiger partial charge in [-0.2, -0.15) is 0 Å². The van der Waals surface area contributed by atoms with Crippen molar-refractivity contribution in [1.29, 1.82) is 0 Å². The minimum atomic E-state index is 0.142. The Kier molecular flexibility index (Phi) is 4.27. The van der Waals surface area contributed by atoms with Gasteiger partial charge >= 0.3 is 0 Å². The molecule has 0 fully saturated rings. The van der Waals surface area contributed by atoms with E-state index in [1.807, 2.05) is 24.3 Å². The van der Waals surface area contributed by atoms with E-state index < -0.39 is 0 Å². The molecule has 12 heavy (non-hydrogen) atoms. The number of alkyl halides is 1. The van der Waals surface area contributed by atoms with Crippen molar-refractivity contribution in [2.45, 2.75) is 22.9 Å². The molecule has 0 aliphatic carbocycles. The lowest BCUT2D eigenvalue weighted by molar-refractivity contribution is 1.05. The fourth-order valence-corrected chi connectivity index (χ4v) is 2.15. The zero-order chi connectivity index (χ0) is 8.97. The molecule has 1 aromatic carbocycles. The third-order valence-corrected chi connectivity index (χ3v) is 3.31. The van der Waals surface area contributed by atoms with Crippen LogP contribution in [-0.2, 0) is 0 Å². The topological polar surface area (TPSA) is 0 Å². The van der Waals surface area contributed by atoms with E-state index in [1.165, 1.54) is 0 Å². The van der Waals surface area contributed by atoms with E-state index in [0.29, 0.717) is 0 Å². The van der Waals surface area contributed by atoms with Gasteiger partial charge in [0.1, 0.15) is 0 Å². The lowest BCUT2D eigenvalue weighted by Gasteiger charge is -2.05. The highest BCUT2D eigenvalue weighted by Crippen LogP contribution is 2.29. The van der Waals surface area contributed by atoms with Crippen molar-refractivity contribution >= 4 is 35.0 Å². The van der Waals surface area contributed by atoms with Crippen LogP contribution in [0.5, 0.6) is 0 Å². The van der Waals surface area contributed by atoms with Gasteiger partial charge in [0.05, 0.1) is 4.71 Å². The molecule has 0 heterocycles. The number of halogens is 2. The molecule has 0 N–H and O–H groups in total. The summed E-state index contributed by atoms with van der Waals surface area (Å²) < 4.78 is 0.142. The lowest BCUT2D eigenvalue weighted by Crippen LogP contribution is -1.87. The van der Waals surface area contributed by atoms with E-state index in [0.717, 1.165) is 16.3 Å². The number of hydrogen-bond acceptors (Lipinski definition) is 1. The Labute approximate surface area is 87.3 Å². The standard InChI is InChI=1S/C9H10Cl2S/c1-2-9(11)12-8-5-3-4-7(10)6-8/h3-6,9H,2H2,1H3. The van der Waals surface area contributed by atoms with Crippen LogP contribution in [0.3, 0.4) is 0 Å². The Balaban J connectivity index is 2.63. The van der Waals surface area contributed by atoms with Gasteiger partial charge in [0.25, 0.3) is 0 Å². The summed E-state index contributed by atoms with van der Waals surface area (Å²) in [5.41, 5.74) is 0. The van der Waals surface area contributed by atoms with E-state index in [4.69, 9.17) is 23.2 Å². The van der Waals surface area contributed by atoms with Crippen LogP contribution >= 0.6 is 35.0 Å². The minimum absolute atomic E-state index is 0.142. The van der Waals surface area contributed by atoms with Gasteiger partial charge in [-0.15, -0.1) is 23.4 Å². The predicted octanol–water partition coefficient (Wildman–Crippen LogP) is 4.41. The SMILES string of the molecule is CCC(Cl)Sc1cccc(Cl)c1. The molecule has 0 saturated carbocycles. The van der Waals surface area contributed by atoms with E-state index >= 15 is 0 Å². The lowest BCUT2D eigenvalue weighted by atomic mass is 10.4. The second kappa shape index (κ2) is 5.00. The van der Waals surface area contributed by atoms with Gasteiger partial charge in [0, 0.05) is 9.92 Å². The van der Waals surface area contributed by atoms with E-state index in [-0.39, 0.29) is 4.71 Å². The van der Waals surface area contributed by atoms with Crippen LogP contribution in [0.4, 0.5) is 0 Å². The second-order valence-corrected chi connectivity index (χ2v) is 4.89. The predicted molar refractivity (Wildman–Crippen MR) is 57.2 cm³/mol. The van der Waals surface area contributed by atoms with Crippen LogP contribution in [0.15, 0.2) is 29.2 Å². The molecule has 0 bridgehead atoms. The number of thioether (sulfide) groups is 1. The molecule has 1 unspecified atom stereocenters. The van der Waals surface area contributed by atoms with Crippen molar-refractivity contribution in [1.82, 2.24) is 0 Å². The zero-order valence-corrected chi connectivity index (χ0v) is 9.09. The third-order valence-electron chi connectivity index (χ3n) is 1.38. The van der Waals surface area contributed by atoms with Gasteiger partial charge in [-0.3, -0.25) is 0 Å². The summed E-state index contributed by atoms with van der Waals surface area (Å²) in [7, 11) is 0. The van der Waals surface area contributed by atoms with Crippen molar-refractivity contribution in [3.05, 3.63) is 29.3 Å². The van der Waals surface area contributed by atoms with Crippen molar-refractivity contribution in [2.24, 2.45) is 0 Å². The Hall–Kier alpha value is 0.150. The molecule has 0 aromatic heterocycles. The molecule has 0 aliphatic rings. The first kappa shape index (κ1) is 10.2. The molecule has 66 valence electrons. The maximum atomic E-state index is 5.97. The number of rotatable bonds is 3. The Morgan fingerprint density at radius 1 is 1.50 bits per heavy atom. The van der Waals surface area contributed by atoms with Crippen molar-refractivity contribution in [2.75, 3.05) is 0 Å². The fraction of sp³-hybridized carbons (Fsp3) is 0.333. The summed E-state index contributed by atoms with van der Waals surface area (Å²) in [5, 5.41) is 0.764. The highest BCUT2D eigenvalue weighted by atomic mass is 35.5. The van der Waals surface area contributed by atoms with Crippen LogP contribution in [-0.4, -0.2) is 4.71 Å². The van der Waals surface area contributed by atoms with Gasteiger partial charge in [-0.25, -0.2) is 0 Å². The zero-order valence-electron chi connectivity index (χ0n) is 6.76. The average Bonchev–Trinajstić information content (AvgIpc) is 2.04. The summed E-state index contributed by atoms with van der Waals surface area (Å²) in [6.45, 7) is 2.06. The van der Waals surface area contributed by atoms with Gasteiger partial charge in [-0.1, -0.05) is 24.6 Å². The smallest absolute Gasteiger partial charge is 0.0833 e. The fourth-order valence-electron chi connectivity index (χ4n) is 0.771. The Morgan fingerprint density at radius 3 is 2.83 bits per heavy atom. The summed E-state index contributed by atoms with van der Waals surface area (Å²) in [6, 6.07) is 7.74. The molecule has 0 aliphatic heterocycles. The van der Waals surface area contributed by atoms with Gasteiger partial charge < -0.3 is 0 Å². The summed E-state index contributed by atoms with van der Waals surface area (Å²) >= 11 is 13.4. The number of hydrogen-bond donors (Lipinski definition) is 0. The van der Waals surface area contributed by atoms with Gasteiger partial charge in [0.2, 0.25) is 0 Å². The van der Waals surface area contributed by atoms with Crippen LogP contribution in [0.2, 0.25) is 5.02 Å². The van der Waals surface area contributed by atoms with Gasteiger partial charge in [-0.05, 0) is 24.6 Å². The largest absolute Gasteiger partial charge is 0.111 e. The first-order valence-electron chi connectivity index (χ1n) is 3.78. The molecule has 1 aromatic rings. The van der Waals surface area contributed by atoms with E-state index in [2.05, 4.69) is 6.92 Å². The first-order chi connectivity index (χ1) is 5.72. The van der Waals surface area contributed by atoms with Crippen LogP contribution in [0.1, 0.15) is 13.3 Å².